The third-order valence-corrected chi connectivity index (χ3v) is 2.70. The second-order valence-corrected chi connectivity index (χ2v) is 7.06. The quantitative estimate of drug-likeness (QED) is 0.748. The van der Waals surface area contributed by atoms with Gasteiger partial charge < -0.3 is 10.6 Å². The summed E-state index contributed by atoms with van der Waals surface area (Å²) < 4.78 is 0. The van der Waals surface area contributed by atoms with E-state index in [-0.39, 0.29) is 11.0 Å². The summed E-state index contributed by atoms with van der Waals surface area (Å²) in [5.41, 5.74) is 2.51. The molecule has 0 unspecified atom stereocenters. The van der Waals surface area contributed by atoms with Crippen LogP contribution in [0.25, 0.3) is 0 Å². The Labute approximate surface area is 116 Å². The van der Waals surface area contributed by atoms with E-state index >= 15 is 0 Å². The summed E-state index contributed by atoms with van der Waals surface area (Å²) in [4.78, 5) is 0. The lowest BCUT2D eigenvalue weighted by atomic mass is 9.87. The van der Waals surface area contributed by atoms with Crippen LogP contribution >= 0.6 is 12.2 Å². The maximum absolute atomic E-state index is 5.27. The zero-order chi connectivity index (χ0) is 14.0. The van der Waals surface area contributed by atoms with Gasteiger partial charge in [-0.25, -0.2) is 0 Å². The molecule has 0 saturated carbocycles. The summed E-state index contributed by atoms with van der Waals surface area (Å²) in [7, 11) is 0. The third-order valence-electron chi connectivity index (χ3n) is 2.50. The molecule has 1 rings (SSSR count). The lowest BCUT2D eigenvalue weighted by Crippen LogP contribution is -2.42. The summed E-state index contributed by atoms with van der Waals surface area (Å²) in [5.74, 6) is 0. The molecule has 0 aliphatic heterocycles. The Balaban J connectivity index is 2.67. The minimum Gasteiger partial charge on any atom is -0.358 e. The van der Waals surface area contributed by atoms with Crippen LogP contribution in [0, 0.1) is 0 Å². The van der Waals surface area contributed by atoms with Crippen molar-refractivity contribution in [3.8, 4) is 0 Å². The molecule has 0 radical (unpaired) electrons. The van der Waals surface area contributed by atoms with Crippen molar-refractivity contribution in [2.75, 3.05) is 5.32 Å². The number of anilines is 1. The van der Waals surface area contributed by atoms with E-state index in [4.69, 9.17) is 12.2 Å². The van der Waals surface area contributed by atoms with Crippen molar-refractivity contribution in [3.05, 3.63) is 29.8 Å². The molecule has 0 spiro atoms. The van der Waals surface area contributed by atoms with Crippen molar-refractivity contribution < 1.29 is 0 Å². The summed E-state index contributed by atoms with van der Waals surface area (Å²) >= 11 is 5.27. The van der Waals surface area contributed by atoms with Crippen molar-refractivity contribution in [1.29, 1.82) is 0 Å². The fraction of sp³-hybridized carbons (Fsp3) is 0.533. The Bertz CT molecular complexity index is 408. The molecule has 0 atom stereocenters. The molecule has 2 nitrogen and oxygen atoms in total. The molecule has 0 aromatic heterocycles. The van der Waals surface area contributed by atoms with Gasteiger partial charge in [-0.3, -0.25) is 0 Å². The van der Waals surface area contributed by atoms with Crippen molar-refractivity contribution in [1.82, 2.24) is 5.32 Å². The first kappa shape index (κ1) is 15.0. The van der Waals surface area contributed by atoms with E-state index in [0.717, 1.165) is 5.69 Å². The van der Waals surface area contributed by atoms with Gasteiger partial charge in [-0.05, 0) is 56.1 Å². The molecule has 1 aromatic rings. The van der Waals surface area contributed by atoms with E-state index < -0.39 is 0 Å². The van der Waals surface area contributed by atoms with E-state index in [0.29, 0.717) is 5.11 Å². The topological polar surface area (TPSA) is 24.1 Å². The Morgan fingerprint density at radius 3 is 1.83 bits per heavy atom. The maximum Gasteiger partial charge on any atom is 0.171 e. The van der Waals surface area contributed by atoms with Crippen molar-refractivity contribution in [3.63, 3.8) is 0 Å². The number of benzene rings is 1. The number of rotatable bonds is 1. The van der Waals surface area contributed by atoms with E-state index in [2.05, 4.69) is 76.4 Å². The molecule has 0 aliphatic carbocycles. The van der Waals surface area contributed by atoms with Crippen LogP contribution in [0.2, 0.25) is 0 Å². The first-order chi connectivity index (χ1) is 8.08. The summed E-state index contributed by atoms with van der Waals surface area (Å²) in [5, 5.41) is 7.09. The van der Waals surface area contributed by atoms with Crippen LogP contribution in [0.3, 0.4) is 0 Å². The van der Waals surface area contributed by atoms with Gasteiger partial charge in [-0.2, -0.15) is 0 Å². The molecule has 18 heavy (non-hydrogen) atoms. The molecule has 0 heterocycles. The first-order valence-electron chi connectivity index (χ1n) is 6.28. The fourth-order valence-electron chi connectivity index (χ4n) is 1.56. The average Bonchev–Trinajstić information content (AvgIpc) is 2.13. The third kappa shape index (κ3) is 5.05. The van der Waals surface area contributed by atoms with Gasteiger partial charge in [0.15, 0.2) is 5.11 Å². The van der Waals surface area contributed by atoms with Crippen LogP contribution in [-0.2, 0) is 5.41 Å². The lowest BCUT2D eigenvalue weighted by Gasteiger charge is -2.23. The molecule has 3 heteroatoms. The highest BCUT2D eigenvalue weighted by molar-refractivity contribution is 7.80. The van der Waals surface area contributed by atoms with Crippen LogP contribution in [0.1, 0.15) is 47.1 Å². The fourth-order valence-corrected chi connectivity index (χ4v) is 1.98. The highest BCUT2D eigenvalue weighted by atomic mass is 32.1. The molecule has 100 valence electrons. The van der Waals surface area contributed by atoms with Gasteiger partial charge in [0, 0.05) is 11.2 Å². The van der Waals surface area contributed by atoms with Gasteiger partial charge >= 0.3 is 0 Å². The lowest BCUT2D eigenvalue weighted by molar-refractivity contribution is 0.515. The molecule has 1 aromatic carbocycles. The largest absolute Gasteiger partial charge is 0.358 e. The first-order valence-corrected chi connectivity index (χ1v) is 6.68. The summed E-state index contributed by atoms with van der Waals surface area (Å²) in [6.07, 6.45) is 0. The predicted molar refractivity (Wildman–Crippen MR) is 84.3 cm³/mol. The molecule has 0 saturated heterocycles. The summed E-state index contributed by atoms with van der Waals surface area (Å²) in [6, 6.07) is 8.42. The van der Waals surface area contributed by atoms with Crippen LogP contribution in [0.5, 0.6) is 0 Å². The molecular weight excluding hydrogens is 240 g/mol. The van der Waals surface area contributed by atoms with Crippen molar-refractivity contribution >= 4 is 23.0 Å². The van der Waals surface area contributed by atoms with Crippen LogP contribution in [0.4, 0.5) is 5.69 Å². The normalized spacial score (nSPS) is 12.1. The minimum atomic E-state index is -0.0184. The Morgan fingerprint density at radius 1 is 0.944 bits per heavy atom. The minimum absolute atomic E-state index is 0.0184. The van der Waals surface area contributed by atoms with Gasteiger partial charge in [-0.15, -0.1) is 0 Å². The monoisotopic (exact) mass is 264 g/mol. The van der Waals surface area contributed by atoms with Gasteiger partial charge in [0.2, 0.25) is 0 Å². The molecule has 0 fully saturated rings. The molecule has 0 aliphatic rings. The Kier molecular flexibility index (Phi) is 4.38. The Hall–Kier alpha value is -1.09. The van der Waals surface area contributed by atoms with Gasteiger partial charge in [0.05, 0.1) is 0 Å². The number of thiocarbonyl (C=S) groups is 1. The smallest absolute Gasteiger partial charge is 0.171 e. The van der Waals surface area contributed by atoms with Gasteiger partial charge in [0.25, 0.3) is 0 Å². The zero-order valence-electron chi connectivity index (χ0n) is 12.2. The number of hydrogen-bond donors (Lipinski definition) is 2. The van der Waals surface area contributed by atoms with Crippen LogP contribution in [0.15, 0.2) is 24.3 Å². The van der Waals surface area contributed by atoms with Crippen LogP contribution < -0.4 is 10.6 Å². The van der Waals surface area contributed by atoms with Crippen LogP contribution in [-0.4, -0.2) is 10.7 Å². The Morgan fingerprint density at radius 2 is 1.44 bits per heavy atom. The number of nitrogens with one attached hydrogen (secondary N) is 2. The highest BCUT2D eigenvalue weighted by Crippen LogP contribution is 2.23. The highest BCUT2D eigenvalue weighted by Gasteiger charge is 2.14. The van der Waals surface area contributed by atoms with E-state index in [1.54, 1.807) is 0 Å². The maximum atomic E-state index is 5.27. The SMILES string of the molecule is CC(C)(C)NC(=S)Nc1ccc(C(C)(C)C)cc1. The van der Waals surface area contributed by atoms with Gasteiger partial charge in [-0.1, -0.05) is 32.9 Å². The predicted octanol–water partition coefficient (Wildman–Crippen LogP) is 4.07. The van der Waals surface area contributed by atoms with Crippen molar-refractivity contribution in [2.24, 2.45) is 0 Å². The molecule has 2 N–H and O–H groups in total. The molecular formula is C15H24N2S. The van der Waals surface area contributed by atoms with E-state index in [1.165, 1.54) is 5.56 Å². The molecule has 0 bridgehead atoms. The zero-order valence-corrected chi connectivity index (χ0v) is 13.0. The van der Waals surface area contributed by atoms with E-state index in [9.17, 15) is 0 Å². The molecule has 0 amide bonds. The second-order valence-electron chi connectivity index (χ2n) is 6.66. The average molecular weight is 264 g/mol. The second kappa shape index (κ2) is 5.27. The standard InChI is InChI=1S/C15H24N2S/c1-14(2,3)11-7-9-12(10-8-11)16-13(18)17-15(4,5)6/h7-10H,1-6H3,(H2,16,17,18). The van der Waals surface area contributed by atoms with Crippen molar-refractivity contribution in [2.45, 2.75) is 52.5 Å². The number of hydrogen-bond acceptors (Lipinski definition) is 1. The van der Waals surface area contributed by atoms with E-state index in [1.807, 2.05) is 0 Å². The summed E-state index contributed by atoms with van der Waals surface area (Å²) in [6.45, 7) is 12.9. The van der Waals surface area contributed by atoms with Gasteiger partial charge in [0.1, 0.15) is 0 Å².